The highest BCUT2D eigenvalue weighted by Crippen LogP contribution is 2.38. The van der Waals surface area contributed by atoms with Gasteiger partial charge in [-0.1, -0.05) is 6.42 Å². The molecule has 0 bridgehead atoms. The van der Waals surface area contributed by atoms with Crippen molar-refractivity contribution in [2.24, 2.45) is 0 Å². The van der Waals surface area contributed by atoms with Crippen molar-refractivity contribution < 1.29 is 13.6 Å². The van der Waals surface area contributed by atoms with Crippen LogP contribution in [0.2, 0.25) is 0 Å². The molecular weight excluding hydrogens is 360 g/mol. The Labute approximate surface area is 164 Å². The van der Waals surface area contributed by atoms with Crippen molar-refractivity contribution in [1.82, 2.24) is 4.90 Å². The predicted molar refractivity (Wildman–Crippen MR) is 107 cm³/mol. The Morgan fingerprint density at radius 1 is 0.821 bits per heavy atom. The van der Waals surface area contributed by atoms with Crippen molar-refractivity contribution in [3.8, 4) is 0 Å². The maximum absolute atomic E-state index is 14.0. The summed E-state index contributed by atoms with van der Waals surface area (Å²) < 4.78 is 27.3. The third kappa shape index (κ3) is 4.02. The molecule has 4 nitrogen and oxygen atoms in total. The van der Waals surface area contributed by atoms with Gasteiger partial charge in [-0.2, -0.15) is 0 Å². The number of carbonyl (C=O) groups is 1. The van der Waals surface area contributed by atoms with Crippen LogP contribution in [0.4, 0.5) is 25.8 Å². The van der Waals surface area contributed by atoms with Crippen LogP contribution >= 0.6 is 0 Å². The zero-order chi connectivity index (χ0) is 19.5. The number of piperidine rings is 1. The van der Waals surface area contributed by atoms with Crippen LogP contribution < -0.4 is 9.80 Å². The molecule has 0 radical (unpaired) electrons. The first-order valence-electron chi connectivity index (χ1n) is 9.97. The first-order chi connectivity index (χ1) is 13.6. The second-order valence-corrected chi connectivity index (χ2v) is 7.46. The van der Waals surface area contributed by atoms with Crippen LogP contribution in [0.15, 0.2) is 42.5 Å². The van der Waals surface area contributed by atoms with Gasteiger partial charge in [0.25, 0.3) is 0 Å². The predicted octanol–water partition coefficient (Wildman–Crippen LogP) is 4.33. The highest BCUT2D eigenvalue weighted by atomic mass is 19.1. The number of hydrogen-bond donors (Lipinski definition) is 0. The molecule has 1 fully saturated rings. The molecule has 6 heteroatoms. The Hall–Kier alpha value is -2.47. The minimum absolute atomic E-state index is 0.0668. The number of nitrogens with zero attached hydrogens (tertiary/aromatic N) is 3. The van der Waals surface area contributed by atoms with E-state index < -0.39 is 0 Å². The van der Waals surface area contributed by atoms with Crippen LogP contribution in [0.1, 0.15) is 25.7 Å². The molecule has 2 aliphatic heterocycles. The van der Waals surface area contributed by atoms with Crippen LogP contribution in [0, 0.1) is 11.6 Å². The molecule has 4 rings (SSSR count). The summed E-state index contributed by atoms with van der Waals surface area (Å²) in [6.07, 6.45) is 4.14. The number of amides is 1. The van der Waals surface area contributed by atoms with E-state index in [1.54, 1.807) is 23.1 Å². The number of carbonyl (C=O) groups excluding carboxylic acids is 1. The van der Waals surface area contributed by atoms with Crippen LogP contribution in [0.25, 0.3) is 0 Å². The lowest BCUT2D eigenvalue weighted by molar-refractivity contribution is -0.119. The number of rotatable bonds is 4. The smallest absolute Gasteiger partial charge is 0.228 e. The number of halogens is 2. The molecule has 0 aromatic heterocycles. The summed E-state index contributed by atoms with van der Waals surface area (Å²) >= 11 is 0. The van der Waals surface area contributed by atoms with Gasteiger partial charge in [0.1, 0.15) is 11.6 Å². The molecule has 0 aliphatic carbocycles. The molecular formula is C22H25F2N3O. The van der Waals surface area contributed by atoms with Gasteiger partial charge in [0.2, 0.25) is 5.91 Å². The van der Waals surface area contributed by atoms with E-state index >= 15 is 0 Å². The maximum Gasteiger partial charge on any atom is 0.228 e. The van der Waals surface area contributed by atoms with Gasteiger partial charge in [0, 0.05) is 31.7 Å². The standard InChI is InChI=1S/C22H25F2N3O/c23-17-4-7-19(8-5-17)26-14-15-27(20-9-6-18(24)16-21(20)26)22(28)10-13-25-11-2-1-3-12-25/h4-9,16H,1-3,10-15H2. The van der Waals surface area contributed by atoms with E-state index in [1.165, 1.54) is 43.5 Å². The monoisotopic (exact) mass is 385 g/mol. The Morgan fingerprint density at radius 2 is 1.54 bits per heavy atom. The Kier molecular flexibility index (Phi) is 5.57. The molecule has 2 aromatic rings. The first-order valence-corrected chi connectivity index (χ1v) is 9.97. The first kappa shape index (κ1) is 18.9. The van der Waals surface area contributed by atoms with Crippen LogP contribution in [0.3, 0.4) is 0 Å². The maximum atomic E-state index is 14.0. The van der Waals surface area contributed by atoms with Crippen LogP contribution in [0.5, 0.6) is 0 Å². The highest BCUT2D eigenvalue weighted by Gasteiger charge is 2.28. The number of anilines is 3. The third-order valence-electron chi connectivity index (χ3n) is 5.60. The molecule has 0 spiro atoms. The van der Waals surface area contributed by atoms with Gasteiger partial charge >= 0.3 is 0 Å². The summed E-state index contributed by atoms with van der Waals surface area (Å²) in [4.78, 5) is 19.0. The van der Waals surface area contributed by atoms with E-state index in [1.807, 2.05) is 4.90 Å². The summed E-state index contributed by atoms with van der Waals surface area (Å²) in [6, 6.07) is 10.6. The van der Waals surface area contributed by atoms with Gasteiger partial charge in [-0.25, -0.2) is 8.78 Å². The van der Waals surface area contributed by atoms with Crippen LogP contribution in [-0.2, 0) is 4.79 Å². The lowest BCUT2D eigenvalue weighted by atomic mass is 10.1. The minimum atomic E-state index is -0.353. The topological polar surface area (TPSA) is 26.8 Å². The summed E-state index contributed by atoms with van der Waals surface area (Å²) in [6.45, 7) is 3.96. The molecule has 0 saturated carbocycles. The second-order valence-electron chi connectivity index (χ2n) is 7.46. The largest absolute Gasteiger partial charge is 0.338 e. The fraction of sp³-hybridized carbons (Fsp3) is 0.409. The molecule has 2 aromatic carbocycles. The average Bonchev–Trinajstić information content (AvgIpc) is 2.72. The molecule has 2 aliphatic rings. The molecule has 0 unspecified atom stereocenters. The number of hydrogen-bond acceptors (Lipinski definition) is 3. The van der Waals surface area contributed by atoms with E-state index in [2.05, 4.69) is 4.90 Å². The minimum Gasteiger partial charge on any atom is -0.338 e. The van der Waals surface area contributed by atoms with E-state index in [4.69, 9.17) is 0 Å². The summed E-state index contributed by atoms with van der Waals surface area (Å²) in [7, 11) is 0. The molecule has 2 heterocycles. The highest BCUT2D eigenvalue weighted by molar-refractivity contribution is 5.99. The zero-order valence-corrected chi connectivity index (χ0v) is 15.9. The van der Waals surface area contributed by atoms with E-state index in [-0.39, 0.29) is 17.5 Å². The van der Waals surface area contributed by atoms with Crippen LogP contribution in [-0.4, -0.2) is 43.5 Å². The third-order valence-corrected chi connectivity index (χ3v) is 5.60. The number of benzene rings is 2. The number of fused-ring (bicyclic) bond motifs is 1. The van der Waals surface area contributed by atoms with E-state index in [0.717, 1.165) is 25.3 Å². The molecule has 1 amide bonds. The molecule has 148 valence electrons. The summed E-state index contributed by atoms with van der Waals surface area (Å²) in [5.41, 5.74) is 2.14. The molecule has 1 saturated heterocycles. The van der Waals surface area contributed by atoms with Crippen molar-refractivity contribution in [3.05, 3.63) is 54.1 Å². The van der Waals surface area contributed by atoms with Gasteiger partial charge in [0.15, 0.2) is 0 Å². The number of likely N-dealkylation sites (tertiary alicyclic amines) is 1. The second kappa shape index (κ2) is 8.27. The van der Waals surface area contributed by atoms with Gasteiger partial charge in [-0.15, -0.1) is 0 Å². The van der Waals surface area contributed by atoms with Gasteiger partial charge < -0.3 is 14.7 Å². The lowest BCUT2D eigenvalue weighted by Crippen LogP contribution is -2.43. The van der Waals surface area contributed by atoms with E-state index in [9.17, 15) is 13.6 Å². The van der Waals surface area contributed by atoms with Crippen molar-refractivity contribution in [2.75, 3.05) is 42.5 Å². The molecule has 0 atom stereocenters. The van der Waals surface area contributed by atoms with Gasteiger partial charge in [-0.05, 0) is 68.4 Å². The fourth-order valence-electron chi connectivity index (χ4n) is 4.10. The Morgan fingerprint density at radius 3 is 2.29 bits per heavy atom. The fourth-order valence-corrected chi connectivity index (χ4v) is 4.10. The van der Waals surface area contributed by atoms with Crippen molar-refractivity contribution in [2.45, 2.75) is 25.7 Å². The summed E-state index contributed by atoms with van der Waals surface area (Å²) in [5.74, 6) is -0.597. The van der Waals surface area contributed by atoms with Crippen molar-refractivity contribution in [1.29, 1.82) is 0 Å². The SMILES string of the molecule is O=C(CCN1CCCCC1)N1CCN(c2ccc(F)cc2)c2cc(F)ccc21. The van der Waals surface area contributed by atoms with Gasteiger partial charge in [-0.3, -0.25) is 4.79 Å². The molecule has 0 N–H and O–H groups in total. The normalized spacial score (nSPS) is 17.5. The zero-order valence-electron chi connectivity index (χ0n) is 15.9. The Balaban J connectivity index is 1.54. The van der Waals surface area contributed by atoms with Crippen molar-refractivity contribution in [3.63, 3.8) is 0 Å². The lowest BCUT2D eigenvalue weighted by Gasteiger charge is -2.38. The van der Waals surface area contributed by atoms with Crippen molar-refractivity contribution >= 4 is 23.0 Å². The molecule has 28 heavy (non-hydrogen) atoms. The average molecular weight is 385 g/mol. The van der Waals surface area contributed by atoms with E-state index in [0.29, 0.717) is 30.9 Å². The summed E-state index contributed by atoms with van der Waals surface area (Å²) in [5, 5.41) is 0. The Bertz CT molecular complexity index is 834. The quantitative estimate of drug-likeness (QED) is 0.784. The van der Waals surface area contributed by atoms with Gasteiger partial charge in [0.05, 0.1) is 11.4 Å².